The summed E-state index contributed by atoms with van der Waals surface area (Å²) < 4.78 is 8.17. The number of benzene rings is 4. The Balaban J connectivity index is 0.000000581. The summed E-state index contributed by atoms with van der Waals surface area (Å²) in [6.45, 7) is 0. The summed E-state index contributed by atoms with van der Waals surface area (Å²) in [5.74, 6) is 0. The van der Waals surface area contributed by atoms with Crippen molar-refractivity contribution < 1.29 is 4.57 Å². The van der Waals surface area contributed by atoms with E-state index >= 15 is 0 Å². The fourth-order valence-corrected chi connectivity index (χ4v) is 2.86. The maximum atomic E-state index is 8.17. The van der Waals surface area contributed by atoms with Gasteiger partial charge >= 0.3 is 9.12 Å². The molecule has 0 aliphatic rings. The zero-order valence-corrected chi connectivity index (χ0v) is 12.1. The van der Waals surface area contributed by atoms with Crippen molar-refractivity contribution in [1.29, 1.82) is 0 Å². The number of fused-ring (bicyclic) bond motifs is 6. The molecule has 0 radical (unpaired) electrons. The van der Waals surface area contributed by atoms with Gasteiger partial charge in [-0.1, -0.05) is 77.4 Å². The molecule has 96 valence electrons. The molecule has 0 amide bonds. The SMILES string of the molecule is O=[PH2+].c1ccc2c(c1)c1ccccc1c1ccccc21. The topological polar surface area (TPSA) is 17.1 Å². The second-order valence-electron chi connectivity index (χ2n) is 4.64. The van der Waals surface area contributed by atoms with Crippen molar-refractivity contribution in [3.05, 3.63) is 72.8 Å². The van der Waals surface area contributed by atoms with E-state index in [2.05, 4.69) is 72.8 Å². The molecule has 4 aromatic carbocycles. The van der Waals surface area contributed by atoms with E-state index in [1.54, 1.807) is 0 Å². The van der Waals surface area contributed by atoms with Crippen molar-refractivity contribution in [3.8, 4) is 0 Å². The van der Waals surface area contributed by atoms with Crippen molar-refractivity contribution in [2.75, 3.05) is 0 Å². The molecule has 0 saturated carbocycles. The standard InChI is InChI=1S/C18H12.H2OP/c1-2-8-14-13(7-1)15-9-3-4-11-17(15)18-12-6-5-10-16(14)18;1-2/h1-12H;2H2/q;+1. The molecule has 1 unspecified atom stereocenters. The zero-order chi connectivity index (χ0) is 13.9. The van der Waals surface area contributed by atoms with Crippen LogP contribution in [-0.2, 0) is 4.57 Å². The molecule has 4 aromatic rings. The van der Waals surface area contributed by atoms with Gasteiger partial charge in [-0.15, -0.1) is 0 Å². The minimum atomic E-state index is 1.17. The quantitative estimate of drug-likeness (QED) is 0.312. The summed E-state index contributed by atoms with van der Waals surface area (Å²) in [5.41, 5.74) is 0. The molecule has 0 fully saturated rings. The van der Waals surface area contributed by atoms with Crippen LogP contribution in [-0.4, -0.2) is 0 Å². The van der Waals surface area contributed by atoms with Gasteiger partial charge < -0.3 is 0 Å². The molecule has 0 aliphatic carbocycles. The lowest BCUT2D eigenvalue weighted by molar-refractivity contribution is 0.607. The van der Waals surface area contributed by atoms with Crippen LogP contribution in [0.3, 0.4) is 0 Å². The van der Waals surface area contributed by atoms with Crippen LogP contribution in [0.1, 0.15) is 0 Å². The third kappa shape index (κ3) is 1.88. The van der Waals surface area contributed by atoms with Crippen LogP contribution < -0.4 is 0 Å². The van der Waals surface area contributed by atoms with Gasteiger partial charge in [0.25, 0.3) is 0 Å². The second kappa shape index (κ2) is 5.40. The average molecular weight is 277 g/mol. The zero-order valence-electron chi connectivity index (χ0n) is 10.9. The number of hydrogen-bond acceptors (Lipinski definition) is 1. The molecule has 0 N–H and O–H groups in total. The van der Waals surface area contributed by atoms with Gasteiger partial charge in [-0.2, -0.15) is 0 Å². The van der Waals surface area contributed by atoms with Crippen molar-refractivity contribution in [1.82, 2.24) is 0 Å². The third-order valence-corrected chi connectivity index (χ3v) is 3.65. The van der Waals surface area contributed by atoms with E-state index in [0.717, 1.165) is 0 Å². The van der Waals surface area contributed by atoms with Gasteiger partial charge in [-0.05, 0) is 32.3 Å². The molecule has 2 heteroatoms. The lowest BCUT2D eigenvalue weighted by Gasteiger charge is -2.09. The van der Waals surface area contributed by atoms with E-state index in [1.807, 2.05) is 0 Å². The van der Waals surface area contributed by atoms with Crippen molar-refractivity contribution in [2.45, 2.75) is 0 Å². The highest BCUT2D eigenvalue weighted by atomic mass is 31.0. The van der Waals surface area contributed by atoms with E-state index in [0.29, 0.717) is 0 Å². The molecule has 0 spiro atoms. The first kappa shape index (κ1) is 12.8. The summed E-state index contributed by atoms with van der Waals surface area (Å²) >= 11 is 0. The van der Waals surface area contributed by atoms with E-state index in [4.69, 9.17) is 4.57 Å². The first-order chi connectivity index (χ1) is 9.95. The normalized spacial score (nSPS) is 10.4. The van der Waals surface area contributed by atoms with E-state index in [-0.39, 0.29) is 0 Å². The fraction of sp³-hybridized carbons (Fsp3) is 0. The van der Waals surface area contributed by atoms with E-state index < -0.39 is 0 Å². The summed E-state index contributed by atoms with van der Waals surface area (Å²) in [6, 6.07) is 26.0. The Labute approximate surface area is 119 Å². The maximum Gasteiger partial charge on any atom is 0.310 e. The van der Waals surface area contributed by atoms with Crippen LogP contribution in [0.5, 0.6) is 0 Å². The fourth-order valence-electron chi connectivity index (χ4n) is 2.86. The molecule has 1 nitrogen and oxygen atoms in total. The summed E-state index contributed by atoms with van der Waals surface area (Å²) in [6.07, 6.45) is 0. The van der Waals surface area contributed by atoms with Crippen LogP contribution in [0.25, 0.3) is 32.3 Å². The minimum absolute atomic E-state index is 1.17. The van der Waals surface area contributed by atoms with Crippen LogP contribution >= 0.6 is 9.12 Å². The molecule has 4 rings (SSSR count). The Bertz CT molecular complexity index is 678. The highest BCUT2D eigenvalue weighted by Crippen LogP contribution is 2.34. The first-order valence-electron chi connectivity index (χ1n) is 6.47. The average Bonchev–Trinajstić information content (AvgIpc) is 2.57. The van der Waals surface area contributed by atoms with Gasteiger partial charge in [0.15, 0.2) is 0 Å². The molecular weight excluding hydrogens is 263 g/mol. The highest BCUT2D eigenvalue weighted by molar-refractivity contribution is 7.00. The Kier molecular flexibility index (Phi) is 3.45. The van der Waals surface area contributed by atoms with Crippen LogP contribution in [0.15, 0.2) is 72.8 Å². The molecule has 20 heavy (non-hydrogen) atoms. The van der Waals surface area contributed by atoms with Gasteiger partial charge in [-0.3, -0.25) is 0 Å². The van der Waals surface area contributed by atoms with Gasteiger partial charge in [0.2, 0.25) is 0 Å². The first-order valence-corrected chi connectivity index (χ1v) is 6.94. The molecule has 0 aliphatic heterocycles. The molecule has 0 heterocycles. The Morgan fingerprint density at radius 2 is 0.550 bits per heavy atom. The molecule has 0 bridgehead atoms. The van der Waals surface area contributed by atoms with Crippen LogP contribution in [0.2, 0.25) is 0 Å². The lowest BCUT2D eigenvalue weighted by Crippen LogP contribution is -1.81. The van der Waals surface area contributed by atoms with E-state index in [9.17, 15) is 0 Å². The number of hydrogen-bond donors (Lipinski definition) is 0. The highest BCUT2D eigenvalue weighted by Gasteiger charge is 2.06. The largest absolute Gasteiger partial charge is 0.310 e. The summed E-state index contributed by atoms with van der Waals surface area (Å²) in [5, 5.41) is 8.04. The molecular formula is C18H14OP+. The van der Waals surface area contributed by atoms with E-state index in [1.165, 1.54) is 41.4 Å². The van der Waals surface area contributed by atoms with Gasteiger partial charge in [0.1, 0.15) is 0 Å². The predicted molar refractivity (Wildman–Crippen MR) is 89.4 cm³/mol. The monoisotopic (exact) mass is 277 g/mol. The third-order valence-electron chi connectivity index (χ3n) is 3.65. The Morgan fingerprint density at radius 1 is 0.400 bits per heavy atom. The van der Waals surface area contributed by atoms with Gasteiger partial charge in [-0.25, -0.2) is 0 Å². The van der Waals surface area contributed by atoms with Gasteiger partial charge in [0, 0.05) is 0 Å². The smallest absolute Gasteiger partial charge is 0.0801 e. The molecule has 0 saturated heterocycles. The lowest BCUT2D eigenvalue weighted by atomic mass is 9.95. The van der Waals surface area contributed by atoms with Crippen molar-refractivity contribution in [2.24, 2.45) is 0 Å². The molecule has 0 aromatic heterocycles. The second-order valence-corrected chi connectivity index (χ2v) is 4.64. The van der Waals surface area contributed by atoms with Crippen molar-refractivity contribution >= 4 is 41.4 Å². The minimum Gasteiger partial charge on any atom is -0.0801 e. The van der Waals surface area contributed by atoms with Crippen LogP contribution in [0.4, 0.5) is 0 Å². The van der Waals surface area contributed by atoms with Crippen LogP contribution in [0, 0.1) is 0 Å². The molecule has 1 atom stereocenters. The van der Waals surface area contributed by atoms with Gasteiger partial charge in [0.05, 0.1) is 0 Å². The maximum absolute atomic E-state index is 8.17. The Hall–Kier alpha value is -2.24. The predicted octanol–water partition coefficient (Wildman–Crippen LogP) is 5.35. The summed E-state index contributed by atoms with van der Waals surface area (Å²) in [4.78, 5) is 0. The number of rotatable bonds is 0. The summed E-state index contributed by atoms with van der Waals surface area (Å²) in [7, 11) is 1.17. The van der Waals surface area contributed by atoms with Crippen molar-refractivity contribution in [3.63, 3.8) is 0 Å². The Morgan fingerprint density at radius 3 is 0.700 bits per heavy atom.